The van der Waals surface area contributed by atoms with E-state index in [-0.39, 0.29) is 12.5 Å². The first-order valence-electron chi connectivity index (χ1n) is 11.1. The Bertz CT molecular complexity index is 1400. The number of carbonyl (C=O) groups excluding carboxylic acids is 2. The first-order chi connectivity index (χ1) is 17.0. The standard InChI is InChI=1S/C28H24BrN3O3/c1-19-6-4-9-22(14-19)28(34)30-17-27(33)32-31-16-25-24-11-3-2-8-21(24)12-13-26(25)35-18-20-7-5-10-23(29)15-20/h2-16H,17-18H2,1H3,(H,30,34)(H,32,33)/b31-16-. The van der Waals surface area contributed by atoms with Crippen molar-refractivity contribution in [2.45, 2.75) is 13.5 Å². The first-order valence-corrected chi connectivity index (χ1v) is 11.8. The molecule has 35 heavy (non-hydrogen) atoms. The van der Waals surface area contributed by atoms with Crippen molar-refractivity contribution in [3.63, 3.8) is 0 Å². The van der Waals surface area contributed by atoms with Crippen molar-refractivity contribution in [2.24, 2.45) is 5.10 Å². The number of halogens is 1. The monoisotopic (exact) mass is 529 g/mol. The molecule has 7 heteroatoms. The topological polar surface area (TPSA) is 79.8 Å². The fourth-order valence-electron chi connectivity index (χ4n) is 3.58. The highest BCUT2D eigenvalue weighted by molar-refractivity contribution is 9.10. The van der Waals surface area contributed by atoms with Crippen LogP contribution in [-0.4, -0.2) is 24.6 Å². The number of nitrogens with one attached hydrogen (secondary N) is 2. The van der Waals surface area contributed by atoms with Crippen molar-refractivity contribution in [2.75, 3.05) is 6.54 Å². The molecule has 0 bridgehead atoms. The number of aryl methyl sites for hydroxylation is 1. The summed E-state index contributed by atoms with van der Waals surface area (Å²) in [6.07, 6.45) is 1.57. The van der Waals surface area contributed by atoms with Crippen molar-refractivity contribution >= 4 is 44.7 Å². The average molecular weight is 530 g/mol. The number of fused-ring (bicyclic) bond motifs is 1. The zero-order valence-corrected chi connectivity index (χ0v) is 20.7. The predicted octanol–water partition coefficient (Wildman–Crippen LogP) is 5.37. The third-order valence-electron chi connectivity index (χ3n) is 5.29. The van der Waals surface area contributed by atoms with E-state index in [1.165, 1.54) is 0 Å². The van der Waals surface area contributed by atoms with E-state index in [2.05, 4.69) is 31.8 Å². The molecule has 6 nitrogen and oxygen atoms in total. The Morgan fingerprint density at radius 1 is 0.971 bits per heavy atom. The fourth-order valence-corrected chi connectivity index (χ4v) is 4.03. The number of benzene rings is 4. The van der Waals surface area contributed by atoms with Crippen LogP contribution in [0.25, 0.3) is 10.8 Å². The number of carbonyl (C=O) groups is 2. The van der Waals surface area contributed by atoms with Crippen LogP contribution < -0.4 is 15.5 Å². The number of amides is 2. The lowest BCUT2D eigenvalue weighted by Gasteiger charge is -2.12. The molecule has 4 rings (SSSR count). The third kappa shape index (κ3) is 6.55. The Morgan fingerprint density at radius 2 is 1.80 bits per heavy atom. The van der Waals surface area contributed by atoms with Crippen molar-refractivity contribution in [3.05, 3.63) is 112 Å². The molecule has 0 aliphatic rings. The van der Waals surface area contributed by atoms with Crippen LogP contribution in [0.1, 0.15) is 27.0 Å². The molecule has 0 aromatic heterocycles. The van der Waals surface area contributed by atoms with E-state index in [4.69, 9.17) is 4.74 Å². The summed E-state index contributed by atoms with van der Waals surface area (Å²) in [7, 11) is 0. The number of hydrogen-bond donors (Lipinski definition) is 2. The van der Waals surface area contributed by atoms with Gasteiger partial charge in [-0.3, -0.25) is 9.59 Å². The molecule has 0 saturated heterocycles. The molecule has 176 valence electrons. The van der Waals surface area contributed by atoms with Crippen molar-refractivity contribution < 1.29 is 14.3 Å². The molecule has 0 aliphatic carbocycles. The molecule has 2 N–H and O–H groups in total. The molecular formula is C28H24BrN3O3. The van der Waals surface area contributed by atoms with Gasteiger partial charge in [-0.1, -0.05) is 76.1 Å². The molecule has 0 radical (unpaired) electrons. The molecule has 4 aromatic rings. The lowest BCUT2D eigenvalue weighted by atomic mass is 10.0. The van der Waals surface area contributed by atoms with Gasteiger partial charge in [0.15, 0.2) is 0 Å². The summed E-state index contributed by atoms with van der Waals surface area (Å²) in [5.41, 5.74) is 5.73. The molecule has 0 atom stereocenters. The summed E-state index contributed by atoms with van der Waals surface area (Å²) < 4.78 is 7.08. The second-order valence-electron chi connectivity index (χ2n) is 7.96. The van der Waals surface area contributed by atoms with Gasteiger partial charge in [-0.15, -0.1) is 0 Å². The average Bonchev–Trinajstić information content (AvgIpc) is 2.86. The highest BCUT2D eigenvalue weighted by Crippen LogP contribution is 2.27. The van der Waals surface area contributed by atoms with Crippen LogP contribution in [0.3, 0.4) is 0 Å². The van der Waals surface area contributed by atoms with Gasteiger partial charge < -0.3 is 10.1 Å². The third-order valence-corrected chi connectivity index (χ3v) is 5.78. The van der Waals surface area contributed by atoms with E-state index >= 15 is 0 Å². The Morgan fingerprint density at radius 3 is 2.63 bits per heavy atom. The quantitative estimate of drug-likeness (QED) is 0.238. The number of ether oxygens (including phenoxy) is 1. The van der Waals surface area contributed by atoms with Gasteiger partial charge in [-0.05, 0) is 53.6 Å². The number of nitrogens with zero attached hydrogens (tertiary/aromatic N) is 1. The molecule has 0 saturated carbocycles. The van der Waals surface area contributed by atoms with Crippen molar-refractivity contribution in [1.82, 2.24) is 10.7 Å². The number of hydrazone groups is 1. The van der Waals surface area contributed by atoms with Gasteiger partial charge in [0.25, 0.3) is 11.8 Å². The van der Waals surface area contributed by atoms with Crippen molar-refractivity contribution in [3.8, 4) is 5.75 Å². The van der Waals surface area contributed by atoms with E-state index in [0.717, 1.165) is 31.9 Å². The van der Waals surface area contributed by atoms with Crippen LogP contribution in [0.2, 0.25) is 0 Å². The van der Waals surface area contributed by atoms with Crippen LogP contribution in [0.5, 0.6) is 5.75 Å². The molecular weight excluding hydrogens is 506 g/mol. The molecule has 0 aliphatic heterocycles. The maximum Gasteiger partial charge on any atom is 0.259 e. The molecule has 0 fully saturated rings. The smallest absolute Gasteiger partial charge is 0.259 e. The van der Waals surface area contributed by atoms with Gasteiger partial charge >= 0.3 is 0 Å². The lowest BCUT2D eigenvalue weighted by Crippen LogP contribution is -2.34. The van der Waals surface area contributed by atoms with Crippen LogP contribution in [0, 0.1) is 6.92 Å². The maximum absolute atomic E-state index is 12.3. The molecule has 2 amide bonds. The van der Waals surface area contributed by atoms with Gasteiger partial charge in [0.2, 0.25) is 0 Å². The second-order valence-corrected chi connectivity index (χ2v) is 8.88. The summed E-state index contributed by atoms with van der Waals surface area (Å²) in [4.78, 5) is 24.5. The van der Waals surface area contributed by atoms with Gasteiger partial charge in [-0.25, -0.2) is 5.43 Å². The van der Waals surface area contributed by atoms with E-state index in [1.54, 1.807) is 24.4 Å². The second kappa shape index (κ2) is 11.4. The minimum atomic E-state index is -0.431. The Hall–Kier alpha value is -3.97. The summed E-state index contributed by atoms with van der Waals surface area (Å²) in [5, 5.41) is 8.71. The minimum Gasteiger partial charge on any atom is -0.488 e. The van der Waals surface area contributed by atoms with Gasteiger partial charge in [0.1, 0.15) is 12.4 Å². The minimum absolute atomic E-state index is 0.189. The van der Waals surface area contributed by atoms with Crippen LogP contribution in [0.4, 0.5) is 0 Å². The normalized spacial score (nSPS) is 10.9. The van der Waals surface area contributed by atoms with Gasteiger partial charge in [-0.2, -0.15) is 5.10 Å². The molecule has 0 unspecified atom stereocenters. The van der Waals surface area contributed by atoms with Crippen molar-refractivity contribution in [1.29, 1.82) is 0 Å². The maximum atomic E-state index is 12.3. The van der Waals surface area contributed by atoms with E-state index in [9.17, 15) is 9.59 Å². The summed E-state index contributed by atoms with van der Waals surface area (Å²) >= 11 is 3.48. The Balaban J connectivity index is 1.44. The summed E-state index contributed by atoms with van der Waals surface area (Å²) in [5.74, 6) is -0.0985. The van der Waals surface area contributed by atoms with E-state index in [1.807, 2.05) is 73.7 Å². The van der Waals surface area contributed by atoms with Crippen LogP contribution in [0.15, 0.2) is 94.5 Å². The van der Waals surface area contributed by atoms with Gasteiger partial charge in [0.05, 0.1) is 12.8 Å². The lowest BCUT2D eigenvalue weighted by molar-refractivity contribution is -0.120. The number of rotatable bonds is 8. The zero-order chi connectivity index (χ0) is 24.6. The first kappa shape index (κ1) is 24.2. The van der Waals surface area contributed by atoms with Crippen LogP contribution >= 0.6 is 15.9 Å². The zero-order valence-electron chi connectivity index (χ0n) is 19.1. The summed E-state index contributed by atoms with van der Waals surface area (Å²) in [6.45, 7) is 2.10. The highest BCUT2D eigenvalue weighted by Gasteiger charge is 2.10. The molecule has 0 heterocycles. The largest absolute Gasteiger partial charge is 0.488 e. The van der Waals surface area contributed by atoms with Crippen LogP contribution in [-0.2, 0) is 11.4 Å². The molecule has 4 aromatic carbocycles. The Kier molecular flexibility index (Phi) is 7.90. The Labute approximate surface area is 212 Å². The van der Waals surface area contributed by atoms with E-state index in [0.29, 0.717) is 17.9 Å². The highest BCUT2D eigenvalue weighted by atomic mass is 79.9. The van der Waals surface area contributed by atoms with E-state index < -0.39 is 5.91 Å². The summed E-state index contributed by atoms with van der Waals surface area (Å²) in [6, 6.07) is 26.9. The fraction of sp³-hybridized carbons (Fsp3) is 0.107. The predicted molar refractivity (Wildman–Crippen MR) is 142 cm³/mol. The molecule has 0 spiro atoms. The number of hydrogen-bond acceptors (Lipinski definition) is 4. The van der Waals surface area contributed by atoms with Gasteiger partial charge in [0, 0.05) is 15.6 Å². The SMILES string of the molecule is Cc1cccc(C(=O)NCC(=O)N/N=C\c2c(OCc3cccc(Br)c3)ccc3ccccc23)c1.